The van der Waals surface area contributed by atoms with E-state index in [9.17, 15) is 9.59 Å². The van der Waals surface area contributed by atoms with Gasteiger partial charge in [0.2, 0.25) is 9.76 Å². The predicted octanol–water partition coefficient (Wildman–Crippen LogP) is 1.09. The molecule has 0 amide bonds. The van der Waals surface area contributed by atoms with Crippen molar-refractivity contribution in [1.29, 1.82) is 0 Å². The van der Waals surface area contributed by atoms with Crippen molar-refractivity contribution in [2.24, 2.45) is 0 Å². The van der Waals surface area contributed by atoms with Gasteiger partial charge in [0.05, 0.1) is 0 Å². The van der Waals surface area contributed by atoms with Gasteiger partial charge in [-0.05, 0) is 11.5 Å². The third kappa shape index (κ3) is 9.25. The van der Waals surface area contributed by atoms with Gasteiger partial charge >= 0.3 is 5.97 Å². The van der Waals surface area contributed by atoms with Crippen molar-refractivity contribution in [1.82, 2.24) is 0 Å². The SMILES string of the molecule is CC(C)(C)[SiH2]OC(=O)CCCC(=O)O. The summed E-state index contributed by atoms with van der Waals surface area (Å²) >= 11 is 0. The molecule has 0 spiro atoms. The largest absolute Gasteiger partial charge is 0.524 e. The van der Waals surface area contributed by atoms with Crippen molar-refractivity contribution in [2.75, 3.05) is 0 Å². The highest BCUT2D eigenvalue weighted by molar-refractivity contribution is 6.34. The van der Waals surface area contributed by atoms with Crippen LogP contribution >= 0.6 is 0 Å². The van der Waals surface area contributed by atoms with Crippen LogP contribution in [0.2, 0.25) is 5.04 Å². The van der Waals surface area contributed by atoms with Crippen molar-refractivity contribution in [3.8, 4) is 0 Å². The Labute approximate surface area is 86.6 Å². The number of hydrogen-bond acceptors (Lipinski definition) is 3. The molecular formula is C9H18O4Si. The minimum atomic E-state index is -0.870. The lowest BCUT2D eigenvalue weighted by Crippen LogP contribution is -2.17. The molecule has 5 heteroatoms. The Morgan fingerprint density at radius 3 is 2.29 bits per heavy atom. The smallest absolute Gasteiger partial charge is 0.303 e. The number of carbonyl (C=O) groups excluding carboxylic acids is 1. The van der Waals surface area contributed by atoms with Gasteiger partial charge in [-0.15, -0.1) is 0 Å². The second-order valence-corrected chi connectivity index (χ2v) is 7.17. The van der Waals surface area contributed by atoms with E-state index in [1.807, 2.05) is 20.8 Å². The Hall–Kier alpha value is -0.843. The van der Waals surface area contributed by atoms with E-state index >= 15 is 0 Å². The van der Waals surface area contributed by atoms with Crippen LogP contribution in [-0.4, -0.2) is 26.8 Å². The molecule has 0 saturated carbocycles. The fraction of sp³-hybridized carbons (Fsp3) is 0.778. The van der Waals surface area contributed by atoms with Gasteiger partial charge in [0.25, 0.3) is 5.97 Å². The zero-order valence-corrected chi connectivity index (χ0v) is 10.4. The zero-order chi connectivity index (χ0) is 11.2. The molecule has 0 aliphatic rings. The van der Waals surface area contributed by atoms with E-state index in [4.69, 9.17) is 9.53 Å². The molecule has 0 aliphatic heterocycles. The molecule has 0 aromatic carbocycles. The van der Waals surface area contributed by atoms with Crippen LogP contribution in [-0.2, 0) is 14.0 Å². The third-order valence-corrected chi connectivity index (χ3v) is 2.77. The number of aliphatic carboxylic acids is 1. The molecule has 0 rings (SSSR count). The predicted molar refractivity (Wildman–Crippen MR) is 55.8 cm³/mol. The molecule has 0 aromatic heterocycles. The molecule has 0 fully saturated rings. The van der Waals surface area contributed by atoms with Gasteiger partial charge in [-0.25, -0.2) is 0 Å². The first kappa shape index (κ1) is 13.2. The van der Waals surface area contributed by atoms with E-state index in [-0.39, 0.29) is 23.8 Å². The summed E-state index contributed by atoms with van der Waals surface area (Å²) in [5.41, 5.74) is 0. The number of hydrogen-bond donors (Lipinski definition) is 1. The van der Waals surface area contributed by atoms with Gasteiger partial charge in [0.15, 0.2) is 0 Å². The lowest BCUT2D eigenvalue weighted by molar-refractivity contribution is -0.137. The topological polar surface area (TPSA) is 63.6 Å². The minimum Gasteiger partial charge on any atom is -0.524 e. The summed E-state index contributed by atoms with van der Waals surface area (Å²) in [6.07, 6.45) is 0.619. The molecule has 0 radical (unpaired) electrons. The van der Waals surface area contributed by atoms with Crippen molar-refractivity contribution in [2.45, 2.75) is 45.1 Å². The number of carboxylic acids is 1. The highest BCUT2D eigenvalue weighted by Crippen LogP contribution is 2.20. The van der Waals surface area contributed by atoms with Crippen LogP contribution < -0.4 is 0 Å². The number of rotatable bonds is 5. The molecule has 0 aromatic rings. The summed E-state index contributed by atoms with van der Waals surface area (Å²) in [5.74, 6) is -1.13. The van der Waals surface area contributed by atoms with Gasteiger partial charge in [-0.3, -0.25) is 9.59 Å². The first-order valence-corrected chi connectivity index (χ1v) is 5.97. The molecule has 0 bridgehead atoms. The third-order valence-electron chi connectivity index (χ3n) is 1.44. The molecule has 0 saturated heterocycles. The van der Waals surface area contributed by atoms with Crippen molar-refractivity contribution >= 4 is 21.7 Å². The lowest BCUT2D eigenvalue weighted by Gasteiger charge is -2.16. The van der Waals surface area contributed by atoms with Crippen LogP contribution in [0, 0.1) is 0 Å². The quantitative estimate of drug-likeness (QED) is 0.701. The van der Waals surface area contributed by atoms with Gasteiger partial charge in [-0.1, -0.05) is 20.8 Å². The summed E-state index contributed by atoms with van der Waals surface area (Å²) in [4.78, 5) is 21.2. The van der Waals surface area contributed by atoms with Crippen LogP contribution in [0.25, 0.3) is 0 Å². The molecule has 0 unspecified atom stereocenters. The monoisotopic (exact) mass is 218 g/mol. The molecule has 82 valence electrons. The second-order valence-electron chi connectivity index (χ2n) is 4.47. The zero-order valence-electron chi connectivity index (χ0n) is 9.00. The van der Waals surface area contributed by atoms with Crippen molar-refractivity contribution < 1.29 is 19.1 Å². The molecule has 14 heavy (non-hydrogen) atoms. The molecule has 0 aliphatic carbocycles. The van der Waals surface area contributed by atoms with Gasteiger partial charge in [0.1, 0.15) is 0 Å². The maximum atomic E-state index is 11.1. The molecule has 0 heterocycles. The number of carboxylic acid groups (broad SMARTS) is 1. The normalized spacial score (nSPS) is 11.9. The minimum absolute atomic E-state index is 0.0339. The average molecular weight is 218 g/mol. The van der Waals surface area contributed by atoms with Crippen molar-refractivity contribution in [3.63, 3.8) is 0 Å². The molecular weight excluding hydrogens is 200 g/mol. The van der Waals surface area contributed by atoms with Crippen molar-refractivity contribution in [3.05, 3.63) is 0 Å². The summed E-state index contributed by atoms with van der Waals surface area (Å²) < 4.78 is 5.10. The summed E-state index contributed by atoms with van der Waals surface area (Å²) in [6, 6.07) is 0. The van der Waals surface area contributed by atoms with Gasteiger partial charge < -0.3 is 9.53 Å². The van der Waals surface area contributed by atoms with E-state index in [0.29, 0.717) is 6.42 Å². The van der Waals surface area contributed by atoms with Crippen LogP contribution in [0.15, 0.2) is 0 Å². The van der Waals surface area contributed by atoms with E-state index < -0.39 is 15.7 Å². The van der Waals surface area contributed by atoms with Crippen LogP contribution in [0.3, 0.4) is 0 Å². The highest BCUT2D eigenvalue weighted by atomic mass is 28.2. The summed E-state index contributed by atoms with van der Waals surface area (Å²) in [6.45, 7) is 6.09. The lowest BCUT2D eigenvalue weighted by atomic mass is 10.2. The van der Waals surface area contributed by atoms with Gasteiger partial charge in [-0.2, -0.15) is 0 Å². The van der Waals surface area contributed by atoms with E-state index in [0.717, 1.165) is 0 Å². The first-order valence-electron chi connectivity index (χ1n) is 4.69. The summed E-state index contributed by atoms with van der Waals surface area (Å²) in [7, 11) is -0.842. The highest BCUT2D eigenvalue weighted by Gasteiger charge is 2.14. The van der Waals surface area contributed by atoms with E-state index in [2.05, 4.69) is 0 Å². The van der Waals surface area contributed by atoms with Crippen LogP contribution in [0.5, 0.6) is 0 Å². The molecule has 0 atom stereocenters. The molecule has 1 N–H and O–H groups in total. The summed E-state index contributed by atoms with van der Waals surface area (Å²) in [5, 5.41) is 8.44. The Morgan fingerprint density at radius 2 is 1.86 bits per heavy atom. The maximum absolute atomic E-state index is 11.1. The van der Waals surface area contributed by atoms with E-state index in [1.165, 1.54) is 0 Å². The van der Waals surface area contributed by atoms with Crippen LogP contribution in [0.1, 0.15) is 40.0 Å². The Kier molecular flexibility index (Phi) is 5.45. The number of carbonyl (C=O) groups is 2. The maximum Gasteiger partial charge on any atom is 0.303 e. The second kappa shape index (κ2) is 5.80. The Balaban J connectivity index is 3.52. The first-order chi connectivity index (χ1) is 6.31. The fourth-order valence-electron chi connectivity index (χ4n) is 0.753. The molecule has 4 nitrogen and oxygen atoms in total. The Morgan fingerprint density at radius 1 is 1.29 bits per heavy atom. The Bertz CT molecular complexity index is 207. The average Bonchev–Trinajstić information content (AvgIpc) is 1.99. The fourth-order valence-corrected chi connectivity index (χ4v) is 1.49. The van der Waals surface area contributed by atoms with Gasteiger partial charge in [0, 0.05) is 12.8 Å². The van der Waals surface area contributed by atoms with Crippen LogP contribution in [0.4, 0.5) is 0 Å². The van der Waals surface area contributed by atoms with E-state index in [1.54, 1.807) is 0 Å². The standard InChI is InChI=1S/C9H18O4Si/c1-9(2,3)14-13-8(12)6-4-5-7(10)11/h4-6,14H2,1-3H3,(H,10,11).